The van der Waals surface area contributed by atoms with Gasteiger partial charge in [0.2, 0.25) is 0 Å². The summed E-state index contributed by atoms with van der Waals surface area (Å²) >= 11 is 0. The third-order valence-electron chi connectivity index (χ3n) is 5.46. The number of para-hydroxylation sites is 1. The number of rotatable bonds is 4. The maximum Gasteiger partial charge on any atom is 0.322 e. The summed E-state index contributed by atoms with van der Waals surface area (Å²) in [5.41, 5.74) is 1.92. The zero-order valence-corrected chi connectivity index (χ0v) is 16.0. The van der Waals surface area contributed by atoms with Gasteiger partial charge in [0, 0.05) is 6.54 Å². The van der Waals surface area contributed by atoms with Crippen LogP contribution in [0.3, 0.4) is 0 Å². The highest BCUT2D eigenvalue weighted by atomic mass is 31.2. The van der Waals surface area contributed by atoms with Crippen LogP contribution in [-0.2, 0) is 10.1 Å². The maximum atomic E-state index is 6.86. The molecule has 0 spiro atoms. The summed E-state index contributed by atoms with van der Waals surface area (Å²) in [4.78, 5) is 0. The molecule has 2 heterocycles. The first-order chi connectivity index (χ1) is 13.4. The Morgan fingerprint density at radius 1 is 0.815 bits per heavy atom. The molecular weight excluding hydrogens is 353 g/mol. The van der Waals surface area contributed by atoms with E-state index in [2.05, 4.69) is 65.3 Å². The standard InChI is InChI=1S/C23H22NO2P/c1-4-11-19(12-5-1)23(20-13-6-2-7-14-20)22-17-10-18-24(22)27(26-23)25-21-15-8-3-9-16-21/h1-9,11-16,22H,10,17-18H2/t22-,27?/m0/s1. The summed E-state index contributed by atoms with van der Waals surface area (Å²) < 4.78 is 15.7. The molecule has 0 aliphatic carbocycles. The lowest BCUT2D eigenvalue weighted by Crippen LogP contribution is -2.40. The second-order valence-electron chi connectivity index (χ2n) is 7.02. The molecule has 136 valence electrons. The fourth-order valence-corrected chi connectivity index (χ4v) is 6.21. The summed E-state index contributed by atoms with van der Waals surface area (Å²) in [6.07, 6.45) is 2.28. The van der Waals surface area contributed by atoms with Crippen LogP contribution in [0.15, 0.2) is 91.0 Å². The van der Waals surface area contributed by atoms with Crippen LogP contribution in [0.25, 0.3) is 0 Å². The smallest absolute Gasteiger partial charge is 0.322 e. The number of hydrogen-bond acceptors (Lipinski definition) is 3. The van der Waals surface area contributed by atoms with E-state index in [0.29, 0.717) is 0 Å². The Kier molecular flexibility index (Phi) is 4.45. The molecule has 3 aromatic rings. The van der Waals surface area contributed by atoms with Gasteiger partial charge in [-0.3, -0.25) is 4.52 Å². The molecule has 0 radical (unpaired) electrons. The molecule has 3 aromatic carbocycles. The minimum absolute atomic E-state index is 0.289. The summed E-state index contributed by atoms with van der Waals surface area (Å²) in [6.45, 7) is 1.02. The highest BCUT2D eigenvalue weighted by Crippen LogP contribution is 2.64. The van der Waals surface area contributed by atoms with Crippen LogP contribution in [0.2, 0.25) is 0 Å². The van der Waals surface area contributed by atoms with Crippen molar-refractivity contribution in [2.45, 2.75) is 24.5 Å². The van der Waals surface area contributed by atoms with E-state index < -0.39 is 14.1 Å². The van der Waals surface area contributed by atoms with Crippen LogP contribution < -0.4 is 4.52 Å². The highest BCUT2D eigenvalue weighted by Gasteiger charge is 2.59. The molecule has 1 unspecified atom stereocenters. The molecule has 4 heteroatoms. The zero-order valence-electron chi connectivity index (χ0n) is 15.1. The van der Waals surface area contributed by atoms with Gasteiger partial charge in [-0.05, 0) is 36.1 Å². The molecule has 0 N–H and O–H groups in total. The van der Waals surface area contributed by atoms with Crippen molar-refractivity contribution in [1.82, 2.24) is 4.67 Å². The first-order valence-corrected chi connectivity index (χ1v) is 10.6. The number of nitrogens with zero attached hydrogens (tertiary/aromatic N) is 1. The lowest BCUT2D eigenvalue weighted by Gasteiger charge is -2.33. The van der Waals surface area contributed by atoms with Crippen molar-refractivity contribution in [2.75, 3.05) is 6.54 Å². The van der Waals surface area contributed by atoms with E-state index in [1.165, 1.54) is 17.5 Å². The lowest BCUT2D eigenvalue weighted by molar-refractivity contribution is 0.108. The fourth-order valence-electron chi connectivity index (χ4n) is 4.27. The maximum absolute atomic E-state index is 6.86. The summed E-state index contributed by atoms with van der Waals surface area (Å²) in [5, 5.41) is 0. The number of benzene rings is 3. The Morgan fingerprint density at radius 3 is 1.96 bits per heavy atom. The fraction of sp³-hybridized carbons (Fsp3) is 0.217. The monoisotopic (exact) mass is 375 g/mol. The Hall–Kier alpha value is -2.19. The van der Waals surface area contributed by atoms with Crippen molar-refractivity contribution < 1.29 is 9.05 Å². The van der Waals surface area contributed by atoms with Gasteiger partial charge < -0.3 is 4.52 Å². The topological polar surface area (TPSA) is 21.7 Å². The van der Waals surface area contributed by atoms with Gasteiger partial charge in [-0.25, -0.2) is 4.67 Å². The molecule has 2 aliphatic heterocycles. The molecule has 2 saturated heterocycles. The van der Waals surface area contributed by atoms with Crippen LogP contribution in [-0.4, -0.2) is 17.3 Å². The van der Waals surface area contributed by atoms with Crippen molar-refractivity contribution in [3.63, 3.8) is 0 Å². The zero-order chi connectivity index (χ0) is 18.1. The molecule has 0 amide bonds. The Balaban J connectivity index is 1.60. The second-order valence-corrected chi connectivity index (χ2v) is 8.38. The SMILES string of the molecule is c1ccc(OP2OC(c3ccccc3)(c3ccccc3)[C@@H]3CCCN32)cc1. The minimum atomic E-state index is -1.16. The van der Waals surface area contributed by atoms with Gasteiger partial charge in [0.05, 0.1) is 6.04 Å². The molecule has 0 saturated carbocycles. The van der Waals surface area contributed by atoms with E-state index in [-0.39, 0.29) is 6.04 Å². The molecule has 27 heavy (non-hydrogen) atoms. The lowest BCUT2D eigenvalue weighted by atomic mass is 9.79. The molecule has 5 rings (SSSR count). The van der Waals surface area contributed by atoms with Crippen LogP contribution in [0.1, 0.15) is 24.0 Å². The van der Waals surface area contributed by atoms with Crippen LogP contribution in [0.5, 0.6) is 5.75 Å². The van der Waals surface area contributed by atoms with E-state index in [9.17, 15) is 0 Å². The van der Waals surface area contributed by atoms with Gasteiger partial charge >= 0.3 is 8.53 Å². The number of hydrogen-bond donors (Lipinski definition) is 0. The third-order valence-corrected chi connectivity index (χ3v) is 7.17. The average Bonchev–Trinajstić information content (AvgIpc) is 3.33. The Bertz CT molecular complexity index is 849. The van der Waals surface area contributed by atoms with E-state index in [4.69, 9.17) is 9.05 Å². The first kappa shape index (κ1) is 16.9. The predicted molar refractivity (Wildman–Crippen MR) is 108 cm³/mol. The largest absolute Gasteiger partial charge is 0.436 e. The molecule has 0 bridgehead atoms. The molecule has 2 aliphatic rings. The van der Waals surface area contributed by atoms with Crippen molar-refractivity contribution in [3.05, 3.63) is 102 Å². The van der Waals surface area contributed by atoms with Gasteiger partial charge in [-0.15, -0.1) is 0 Å². The van der Waals surface area contributed by atoms with Crippen molar-refractivity contribution >= 4 is 8.53 Å². The van der Waals surface area contributed by atoms with Crippen LogP contribution in [0, 0.1) is 0 Å². The van der Waals surface area contributed by atoms with E-state index in [0.717, 1.165) is 18.7 Å². The third kappa shape index (κ3) is 2.87. The minimum Gasteiger partial charge on any atom is -0.436 e. The molecular formula is C23H22NO2P. The first-order valence-electron chi connectivity index (χ1n) is 9.48. The van der Waals surface area contributed by atoms with Gasteiger partial charge in [-0.2, -0.15) is 0 Å². The van der Waals surface area contributed by atoms with Gasteiger partial charge in [0.1, 0.15) is 11.4 Å². The summed E-state index contributed by atoms with van der Waals surface area (Å²) in [6, 6.07) is 31.6. The summed E-state index contributed by atoms with van der Waals surface area (Å²) in [7, 11) is -1.16. The Labute approximate surface area is 161 Å². The molecule has 0 aromatic heterocycles. The van der Waals surface area contributed by atoms with Crippen molar-refractivity contribution in [2.24, 2.45) is 0 Å². The van der Waals surface area contributed by atoms with E-state index in [1.54, 1.807) is 0 Å². The van der Waals surface area contributed by atoms with E-state index in [1.807, 2.05) is 30.3 Å². The van der Waals surface area contributed by atoms with Gasteiger partial charge in [0.15, 0.2) is 0 Å². The molecule has 2 fully saturated rings. The van der Waals surface area contributed by atoms with Crippen molar-refractivity contribution in [3.8, 4) is 5.75 Å². The molecule has 3 nitrogen and oxygen atoms in total. The quantitative estimate of drug-likeness (QED) is 0.544. The van der Waals surface area contributed by atoms with Gasteiger partial charge in [-0.1, -0.05) is 78.9 Å². The predicted octanol–water partition coefficient (Wildman–Crippen LogP) is 5.73. The van der Waals surface area contributed by atoms with E-state index >= 15 is 0 Å². The Morgan fingerprint density at radius 2 is 1.37 bits per heavy atom. The molecule has 2 atom stereocenters. The summed E-state index contributed by atoms with van der Waals surface area (Å²) in [5.74, 6) is 0.867. The van der Waals surface area contributed by atoms with Crippen LogP contribution >= 0.6 is 8.53 Å². The second kappa shape index (κ2) is 7.09. The normalized spacial score (nSPS) is 23.9. The van der Waals surface area contributed by atoms with Crippen LogP contribution in [0.4, 0.5) is 0 Å². The highest BCUT2D eigenvalue weighted by molar-refractivity contribution is 7.45. The van der Waals surface area contributed by atoms with Crippen molar-refractivity contribution in [1.29, 1.82) is 0 Å². The average molecular weight is 375 g/mol. The van der Waals surface area contributed by atoms with Gasteiger partial charge in [0.25, 0.3) is 0 Å². The number of fused-ring (bicyclic) bond motifs is 1.